The second kappa shape index (κ2) is 12.4. The number of benzene rings is 2. The Morgan fingerprint density at radius 2 is 1.32 bits per heavy atom. The third-order valence-corrected chi connectivity index (χ3v) is 17.8. The molecule has 0 spiro atoms. The molecule has 41 heavy (non-hydrogen) atoms. The Bertz CT molecular complexity index is 1090. The molecule has 3 rings (SSSR count). The molecule has 0 unspecified atom stereocenters. The second-order valence-corrected chi connectivity index (χ2v) is 23.9. The highest BCUT2D eigenvalue weighted by Gasteiger charge is 2.57. The van der Waals surface area contributed by atoms with Gasteiger partial charge in [0, 0.05) is 0 Å². The van der Waals surface area contributed by atoms with Crippen LogP contribution >= 0.6 is 0 Å². The number of carbonyl (C=O) groups excluding carboxylic acids is 1. The van der Waals surface area contributed by atoms with E-state index < -0.39 is 52.6 Å². The van der Waals surface area contributed by atoms with Crippen molar-refractivity contribution in [2.45, 2.75) is 122 Å². The molecular formula is C33H52O6Si2. The molecule has 0 aromatic heterocycles. The summed E-state index contributed by atoms with van der Waals surface area (Å²) in [6.07, 6.45) is -2.50. The van der Waals surface area contributed by atoms with Crippen LogP contribution in [0.25, 0.3) is 0 Å². The van der Waals surface area contributed by atoms with Crippen molar-refractivity contribution in [2.24, 2.45) is 0 Å². The largest absolute Gasteiger partial charge is 0.460 e. The fourth-order valence-electron chi connectivity index (χ4n) is 5.04. The molecule has 4 atom stereocenters. The summed E-state index contributed by atoms with van der Waals surface area (Å²) in [6.45, 7) is 23.7. The van der Waals surface area contributed by atoms with Crippen LogP contribution in [0.1, 0.15) is 68.7 Å². The van der Waals surface area contributed by atoms with E-state index in [2.05, 4.69) is 103 Å². The maximum atomic E-state index is 12.5. The molecule has 1 N–H and O–H groups in total. The molecular weight excluding hydrogens is 549 g/mol. The van der Waals surface area contributed by atoms with Crippen LogP contribution in [0.5, 0.6) is 0 Å². The molecule has 1 aliphatic rings. The van der Waals surface area contributed by atoms with Gasteiger partial charge in [-0.25, -0.2) is 0 Å². The number of epoxide rings is 1. The Kier molecular flexibility index (Phi) is 10.2. The van der Waals surface area contributed by atoms with E-state index in [1.54, 1.807) is 0 Å². The van der Waals surface area contributed by atoms with Gasteiger partial charge in [-0.05, 0) is 54.3 Å². The van der Waals surface area contributed by atoms with Gasteiger partial charge in [-0.2, -0.15) is 0 Å². The summed E-state index contributed by atoms with van der Waals surface area (Å²) in [7, 11) is -5.05. The lowest BCUT2D eigenvalue weighted by Crippen LogP contribution is -2.68. The van der Waals surface area contributed by atoms with Crippen LogP contribution in [0.15, 0.2) is 60.7 Å². The van der Waals surface area contributed by atoms with E-state index in [4.69, 9.17) is 18.3 Å². The molecule has 6 nitrogen and oxygen atoms in total. The number of hydrogen-bond donors (Lipinski definition) is 1. The van der Waals surface area contributed by atoms with Crippen LogP contribution in [-0.2, 0) is 23.1 Å². The molecule has 2 aromatic carbocycles. The number of aliphatic hydroxyl groups is 1. The van der Waals surface area contributed by atoms with Gasteiger partial charge in [0.05, 0.1) is 25.2 Å². The Hall–Kier alpha value is -1.82. The lowest BCUT2D eigenvalue weighted by Gasteiger charge is -2.45. The molecule has 0 amide bonds. The van der Waals surface area contributed by atoms with Crippen molar-refractivity contribution in [1.82, 2.24) is 0 Å². The predicted molar refractivity (Wildman–Crippen MR) is 171 cm³/mol. The van der Waals surface area contributed by atoms with Gasteiger partial charge in [0.2, 0.25) is 0 Å². The predicted octanol–water partition coefficient (Wildman–Crippen LogP) is 5.81. The molecule has 228 valence electrons. The SMILES string of the molecule is CC(C)(C)OC(=O)C[C@@H](O)[C@@H]1O[C@@H]1[C@@H](CO[Si](C)(C)C(C)(C)C)O[Si](c1ccccc1)(c1ccccc1)C(C)(C)C. The normalized spacial score (nSPS) is 19.9. The van der Waals surface area contributed by atoms with Crippen molar-refractivity contribution in [1.29, 1.82) is 0 Å². The van der Waals surface area contributed by atoms with Crippen LogP contribution in [0.3, 0.4) is 0 Å². The standard InChI is InChI=1S/C33H52O6Si2/c1-31(2,3)38-28(35)22-26(34)29-30(37-29)27(23-36-40(10,11)32(4,5)6)39-41(33(7,8)9,24-18-14-12-15-19-24)25-20-16-13-17-21-25/h12-21,26-27,29-30,34H,22-23H2,1-11H3/t26-,27-,29+,30-/m1/s1. The third-order valence-electron chi connectivity index (χ3n) is 8.26. The summed E-state index contributed by atoms with van der Waals surface area (Å²) in [6, 6.07) is 21.0. The molecule has 0 radical (unpaired) electrons. The molecule has 0 saturated carbocycles. The smallest absolute Gasteiger partial charge is 0.309 e. The highest BCUT2D eigenvalue weighted by atomic mass is 28.4. The first-order valence-corrected chi connectivity index (χ1v) is 19.6. The molecule has 8 heteroatoms. The average Bonchev–Trinajstić information content (AvgIpc) is 3.64. The number of ether oxygens (including phenoxy) is 2. The van der Waals surface area contributed by atoms with E-state index >= 15 is 0 Å². The van der Waals surface area contributed by atoms with Gasteiger partial charge in [0.1, 0.15) is 17.8 Å². The van der Waals surface area contributed by atoms with E-state index in [9.17, 15) is 9.90 Å². The van der Waals surface area contributed by atoms with E-state index in [1.165, 1.54) is 10.4 Å². The molecule has 1 heterocycles. The zero-order chi connectivity index (χ0) is 30.9. The zero-order valence-corrected chi connectivity index (χ0v) is 29.0. The summed E-state index contributed by atoms with van der Waals surface area (Å²) in [5, 5.41) is 13.2. The summed E-state index contributed by atoms with van der Waals surface area (Å²) < 4.78 is 25.8. The van der Waals surface area contributed by atoms with Crippen molar-refractivity contribution >= 4 is 33.0 Å². The van der Waals surface area contributed by atoms with Crippen LogP contribution < -0.4 is 10.4 Å². The van der Waals surface area contributed by atoms with Crippen molar-refractivity contribution in [2.75, 3.05) is 6.61 Å². The maximum absolute atomic E-state index is 12.5. The Balaban J connectivity index is 2.01. The van der Waals surface area contributed by atoms with Gasteiger partial charge in [-0.15, -0.1) is 0 Å². The Labute approximate surface area is 250 Å². The molecule has 1 saturated heterocycles. The van der Waals surface area contributed by atoms with Gasteiger partial charge in [-0.1, -0.05) is 102 Å². The summed E-state index contributed by atoms with van der Waals surface area (Å²) in [4.78, 5) is 12.5. The van der Waals surface area contributed by atoms with E-state index in [0.29, 0.717) is 6.61 Å². The molecule has 1 fully saturated rings. The van der Waals surface area contributed by atoms with Gasteiger partial charge < -0.3 is 23.4 Å². The minimum Gasteiger partial charge on any atom is -0.460 e. The summed E-state index contributed by atoms with van der Waals surface area (Å²) in [5.41, 5.74) is -0.619. The molecule has 1 aliphatic heterocycles. The fourth-order valence-corrected chi connectivity index (χ4v) is 10.7. The van der Waals surface area contributed by atoms with Gasteiger partial charge in [0.25, 0.3) is 8.32 Å². The maximum Gasteiger partial charge on any atom is 0.309 e. The lowest BCUT2D eigenvalue weighted by molar-refractivity contribution is -0.157. The Morgan fingerprint density at radius 3 is 1.73 bits per heavy atom. The van der Waals surface area contributed by atoms with E-state index in [1.807, 2.05) is 32.9 Å². The first-order valence-electron chi connectivity index (χ1n) is 14.8. The van der Waals surface area contributed by atoms with Crippen molar-refractivity contribution in [3.05, 3.63) is 60.7 Å². The number of esters is 1. The summed E-state index contributed by atoms with van der Waals surface area (Å²) in [5.74, 6) is -0.443. The third kappa shape index (κ3) is 8.18. The lowest BCUT2D eigenvalue weighted by atomic mass is 10.1. The van der Waals surface area contributed by atoms with E-state index in [0.717, 1.165) is 0 Å². The minimum atomic E-state index is -2.92. The van der Waals surface area contributed by atoms with Crippen LogP contribution in [-0.4, -0.2) is 64.3 Å². The Morgan fingerprint density at radius 1 is 0.829 bits per heavy atom. The van der Waals surface area contributed by atoms with Crippen LogP contribution in [0.4, 0.5) is 0 Å². The monoisotopic (exact) mass is 600 g/mol. The minimum absolute atomic E-state index is 0.0228. The average molecular weight is 601 g/mol. The number of hydrogen-bond acceptors (Lipinski definition) is 6. The molecule has 0 bridgehead atoms. The first kappa shape index (κ1) is 33.7. The second-order valence-electron chi connectivity index (χ2n) is 14.8. The quantitative estimate of drug-likeness (QED) is 0.199. The number of aliphatic hydroxyl groups excluding tert-OH is 1. The summed E-state index contributed by atoms with van der Waals surface area (Å²) >= 11 is 0. The van der Waals surface area contributed by atoms with Crippen molar-refractivity contribution in [3.63, 3.8) is 0 Å². The van der Waals surface area contributed by atoms with Crippen molar-refractivity contribution < 1.29 is 28.2 Å². The fraction of sp³-hybridized carbons (Fsp3) is 0.606. The van der Waals surface area contributed by atoms with Crippen LogP contribution in [0.2, 0.25) is 23.2 Å². The first-order chi connectivity index (χ1) is 18.8. The van der Waals surface area contributed by atoms with Crippen LogP contribution in [0, 0.1) is 0 Å². The highest BCUT2D eigenvalue weighted by molar-refractivity contribution is 6.99. The number of rotatable bonds is 11. The topological polar surface area (TPSA) is 77.5 Å². The molecule has 0 aliphatic carbocycles. The zero-order valence-electron chi connectivity index (χ0n) is 27.0. The van der Waals surface area contributed by atoms with E-state index in [-0.39, 0.29) is 16.5 Å². The van der Waals surface area contributed by atoms with Gasteiger partial charge in [-0.3, -0.25) is 4.79 Å². The molecule has 2 aromatic rings. The highest BCUT2D eigenvalue weighted by Crippen LogP contribution is 2.42. The van der Waals surface area contributed by atoms with Crippen molar-refractivity contribution in [3.8, 4) is 0 Å². The van der Waals surface area contributed by atoms with Gasteiger partial charge in [0.15, 0.2) is 8.32 Å². The van der Waals surface area contributed by atoms with Gasteiger partial charge >= 0.3 is 5.97 Å². The number of carbonyl (C=O) groups is 1.